The zero-order valence-corrected chi connectivity index (χ0v) is 12.9. The first-order chi connectivity index (χ1) is 10.4. The number of anilines is 1. The molecule has 0 aromatic heterocycles. The van der Waals surface area contributed by atoms with E-state index in [0.29, 0.717) is 17.1 Å². The molecule has 0 radical (unpaired) electrons. The van der Waals surface area contributed by atoms with Crippen LogP contribution in [0.15, 0.2) is 71.5 Å². The van der Waals surface area contributed by atoms with Crippen LogP contribution in [-0.4, -0.2) is 17.8 Å². The smallest absolute Gasteiger partial charge is 0.335 e. The van der Waals surface area contributed by atoms with Crippen LogP contribution in [0.3, 0.4) is 0 Å². The minimum absolute atomic E-state index is 0.222. The fraction of sp³-hybridized carbons (Fsp3) is 0.111. The van der Waals surface area contributed by atoms with Gasteiger partial charge in [-0.05, 0) is 56.0 Å². The zero-order valence-electron chi connectivity index (χ0n) is 12.9. The SMILES string of the molecule is C=N/C(=C\C(=C)Nc1cc(C)cc(C(=O)O)c1)C(=C)/C=C\C. The summed E-state index contributed by atoms with van der Waals surface area (Å²) in [5.74, 6) is -0.970. The molecule has 0 heterocycles. The highest BCUT2D eigenvalue weighted by Crippen LogP contribution is 2.18. The first kappa shape index (κ1) is 17.2. The van der Waals surface area contributed by atoms with Crippen molar-refractivity contribution in [1.29, 1.82) is 0 Å². The fourth-order valence-electron chi connectivity index (χ4n) is 1.89. The van der Waals surface area contributed by atoms with Gasteiger partial charge in [0, 0.05) is 11.4 Å². The third-order valence-corrected chi connectivity index (χ3v) is 2.81. The number of nitrogens with zero attached hydrogens (tertiary/aromatic N) is 1. The predicted octanol–water partition coefficient (Wildman–Crippen LogP) is 4.34. The molecule has 0 saturated heterocycles. The second kappa shape index (κ2) is 7.78. The Morgan fingerprint density at radius 2 is 2.00 bits per heavy atom. The van der Waals surface area contributed by atoms with E-state index in [1.807, 2.05) is 32.1 Å². The van der Waals surface area contributed by atoms with E-state index in [1.165, 1.54) is 0 Å². The van der Waals surface area contributed by atoms with Gasteiger partial charge in [0.2, 0.25) is 0 Å². The molecule has 0 fully saturated rings. The van der Waals surface area contributed by atoms with Crippen LogP contribution < -0.4 is 5.32 Å². The van der Waals surface area contributed by atoms with Crippen molar-refractivity contribution in [3.63, 3.8) is 0 Å². The molecule has 1 aromatic rings. The van der Waals surface area contributed by atoms with Gasteiger partial charge in [0.25, 0.3) is 0 Å². The van der Waals surface area contributed by atoms with Crippen LogP contribution >= 0.6 is 0 Å². The molecule has 0 atom stereocenters. The maximum Gasteiger partial charge on any atom is 0.335 e. The van der Waals surface area contributed by atoms with E-state index in [9.17, 15) is 4.79 Å². The maximum atomic E-state index is 11.1. The average molecular weight is 296 g/mol. The molecule has 0 saturated carbocycles. The molecule has 0 bridgehead atoms. The van der Waals surface area contributed by atoms with Crippen LogP contribution in [0.4, 0.5) is 5.69 Å². The molecule has 4 nitrogen and oxygen atoms in total. The van der Waals surface area contributed by atoms with Crippen LogP contribution in [-0.2, 0) is 0 Å². The molecular formula is C18H20N2O2. The first-order valence-electron chi connectivity index (χ1n) is 6.68. The molecule has 4 heteroatoms. The number of carbonyl (C=O) groups is 1. The second-order valence-corrected chi connectivity index (χ2v) is 4.76. The topological polar surface area (TPSA) is 61.7 Å². The van der Waals surface area contributed by atoms with Crippen LogP contribution in [0.2, 0.25) is 0 Å². The number of aliphatic imine (C=N–C) groups is 1. The number of carboxylic acid groups (broad SMARTS) is 1. The van der Waals surface area contributed by atoms with Crippen molar-refractivity contribution in [2.45, 2.75) is 13.8 Å². The predicted molar refractivity (Wildman–Crippen MR) is 92.5 cm³/mol. The van der Waals surface area contributed by atoms with E-state index < -0.39 is 5.97 Å². The fourth-order valence-corrected chi connectivity index (χ4v) is 1.89. The second-order valence-electron chi connectivity index (χ2n) is 4.76. The summed E-state index contributed by atoms with van der Waals surface area (Å²) in [7, 11) is 0. The van der Waals surface area contributed by atoms with E-state index in [2.05, 4.69) is 30.2 Å². The largest absolute Gasteiger partial charge is 0.478 e. The Bertz CT molecular complexity index is 682. The highest BCUT2D eigenvalue weighted by atomic mass is 16.4. The maximum absolute atomic E-state index is 11.1. The lowest BCUT2D eigenvalue weighted by Gasteiger charge is -2.10. The monoisotopic (exact) mass is 296 g/mol. The molecule has 0 amide bonds. The van der Waals surface area contributed by atoms with Crippen molar-refractivity contribution in [2.24, 2.45) is 4.99 Å². The van der Waals surface area contributed by atoms with Crippen molar-refractivity contribution in [2.75, 3.05) is 5.32 Å². The number of benzene rings is 1. The first-order valence-corrected chi connectivity index (χ1v) is 6.68. The molecule has 2 N–H and O–H groups in total. The number of hydrogen-bond donors (Lipinski definition) is 2. The molecule has 0 aliphatic heterocycles. The number of hydrogen-bond acceptors (Lipinski definition) is 3. The summed E-state index contributed by atoms with van der Waals surface area (Å²) < 4.78 is 0. The Morgan fingerprint density at radius 3 is 2.55 bits per heavy atom. The van der Waals surface area contributed by atoms with Gasteiger partial charge >= 0.3 is 5.97 Å². The van der Waals surface area contributed by atoms with E-state index in [1.54, 1.807) is 18.2 Å². The average Bonchev–Trinajstić information content (AvgIpc) is 2.44. The summed E-state index contributed by atoms with van der Waals surface area (Å²) in [6.45, 7) is 15.0. The van der Waals surface area contributed by atoms with Gasteiger partial charge in [0.15, 0.2) is 0 Å². The standard InChI is InChI=1S/C18H20N2O2/c1-6-7-13(3)17(19-5)10-14(4)20-16-9-12(2)8-15(11-16)18(21)22/h6-11,20H,3-5H2,1-2H3,(H,21,22)/b7-6-,17-10-. The minimum atomic E-state index is -0.970. The lowest BCUT2D eigenvalue weighted by atomic mass is 10.1. The molecule has 0 unspecified atom stereocenters. The third kappa shape index (κ3) is 4.90. The van der Waals surface area contributed by atoms with Crippen molar-refractivity contribution in [1.82, 2.24) is 0 Å². The molecule has 22 heavy (non-hydrogen) atoms. The van der Waals surface area contributed by atoms with Crippen LogP contribution in [0.5, 0.6) is 0 Å². The van der Waals surface area contributed by atoms with Crippen molar-refractivity contribution < 1.29 is 9.90 Å². The van der Waals surface area contributed by atoms with E-state index in [-0.39, 0.29) is 5.56 Å². The Balaban J connectivity index is 2.99. The number of aryl methyl sites for hydroxylation is 1. The van der Waals surface area contributed by atoms with Gasteiger partial charge in [-0.2, -0.15) is 0 Å². The Kier molecular flexibility index (Phi) is 6.08. The van der Waals surface area contributed by atoms with Crippen LogP contribution in [0, 0.1) is 6.92 Å². The van der Waals surface area contributed by atoms with Crippen LogP contribution in [0.1, 0.15) is 22.8 Å². The molecule has 0 spiro atoms. The van der Waals surface area contributed by atoms with Gasteiger partial charge in [-0.3, -0.25) is 4.99 Å². The molecule has 1 rings (SSSR count). The highest BCUT2D eigenvalue weighted by Gasteiger charge is 2.06. The lowest BCUT2D eigenvalue weighted by Crippen LogP contribution is -2.01. The number of allylic oxidation sites excluding steroid dienone is 3. The molecule has 1 aromatic carbocycles. The van der Waals surface area contributed by atoms with Gasteiger partial charge in [0.05, 0.1) is 11.3 Å². The molecular weight excluding hydrogens is 276 g/mol. The normalized spacial score (nSPS) is 11.3. The minimum Gasteiger partial charge on any atom is -0.478 e. The quantitative estimate of drug-likeness (QED) is 0.581. The summed E-state index contributed by atoms with van der Waals surface area (Å²) >= 11 is 0. The highest BCUT2D eigenvalue weighted by molar-refractivity contribution is 5.89. The summed E-state index contributed by atoms with van der Waals surface area (Å²) in [6, 6.07) is 5.00. The number of nitrogens with one attached hydrogen (secondary N) is 1. The van der Waals surface area contributed by atoms with Gasteiger partial charge in [-0.1, -0.05) is 25.3 Å². The third-order valence-electron chi connectivity index (χ3n) is 2.81. The Morgan fingerprint density at radius 1 is 1.32 bits per heavy atom. The number of aromatic carboxylic acids is 1. The lowest BCUT2D eigenvalue weighted by molar-refractivity contribution is 0.0697. The summed E-state index contributed by atoms with van der Waals surface area (Å²) in [5, 5.41) is 12.1. The molecule has 0 aliphatic rings. The van der Waals surface area contributed by atoms with Gasteiger partial charge in [-0.25, -0.2) is 4.79 Å². The van der Waals surface area contributed by atoms with Crippen molar-refractivity contribution >= 4 is 18.4 Å². The van der Waals surface area contributed by atoms with Gasteiger partial charge < -0.3 is 10.4 Å². The van der Waals surface area contributed by atoms with Gasteiger partial charge in [0.1, 0.15) is 0 Å². The van der Waals surface area contributed by atoms with E-state index >= 15 is 0 Å². The zero-order chi connectivity index (χ0) is 16.7. The molecule has 114 valence electrons. The van der Waals surface area contributed by atoms with Crippen molar-refractivity contribution in [3.05, 3.63) is 77.7 Å². The van der Waals surface area contributed by atoms with Crippen LogP contribution in [0.25, 0.3) is 0 Å². The van der Waals surface area contributed by atoms with E-state index in [0.717, 1.165) is 11.1 Å². The molecule has 0 aliphatic carbocycles. The summed E-state index contributed by atoms with van der Waals surface area (Å²) in [5.41, 5.74) is 3.60. The Labute approximate surface area is 130 Å². The van der Waals surface area contributed by atoms with E-state index in [4.69, 9.17) is 5.11 Å². The summed E-state index contributed by atoms with van der Waals surface area (Å²) in [4.78, 5) is 15.0. The number of carboxylic acids is 1. The van der Waals surface area contributed by atoms with Gasteiger partial charge in [-0.15, -0.1) is 0 Å². The summed E-state index contributed by atoms with van der Waals surface area (Å²) in [6.07, 6.45) is 5.39. The van der Waals surface area contributed by atoms with Crippen molar-refractivity contribution in [3.8, 4) is 0 Å². The number of rotatable bonds is 7. The Hall–Kier alpha value is -2.88.